The van der Waals surface area contributed by atoms with Crippen LogP contribution in [0.15, 0.2) is 24.3 Å². The summed E-state index contributed by atoms with van der Waals surface area (Å²) in [6, 6.07) is 4.71. The number of para-hydroxylation sites is 1. The van der Waals surface area contributed by atoms with E-state index in [1.165, 1.54) is 9.80 Å². The molecule has 10 nitrogen and oxygen atoms in total. The summed E-state index contributed by atoms with van der Waals surface area (Å²) in [6.07, 6.45) is 0.919. The smallest absolute Gasteiger partial charge is 0.255 e. The molecule has 10 heteroatoms. The summed E-state index contributed by atoms with van der Waals surface area (Å²) in [5, 5.41) is 15.5. The number of carbonyl (C=O) groups excluding carboxylic acids is 4. The van der Waals surface area contributed by atoms with Crippen molar-refractivity contribution in [2.75, 3.05) is 33.3 Å². The van der Waals surface area contributed by atoms with E-state index < -0.39 is 35.9 Å². The molecule has 0 spiro atoms. The van der Waals surface area contributed by atoms with Crippen LogP contribution < -0.4 is 15.4 Å². The van der Waals surface area contributed by atoms with Gasteiger partial charge in [0.15, 0.2) is 0 Å². The number of hydrogen-bond acceptors (Lipinski definition) is 6. The molecule has 0 saturated carbocycles. The van der Waals surface area contributed by atoms with Crippen LogP contribution in [0.4, 0.5) is 0 Å². The number of fused-ring (bicyclic) bond motifs is 1. The van der Waals surface area contributed by atoms with Gasteiger partial charge in [0.1, 0.15) is 24.4 Å². The Hall–Kier alpha value is -3.14. The number of nitrogens with zero attached hydrogens (tertiary/aromatic N) is 2. The number of aliphatic hydroxyl groups is 1. The molecule has 2 aliphatic heterocycles. The summed E-state index contributed by atoms with van der Waals surface area (Å²) in [7, 11) is 1.64. The van der Waals surface area contributed by atoms with Crippen molar-refractivity contribution >= 4 is 23.6 Å². The van der Waals surface area contributed by atoms with Crippen molar-refractivity contribution in [2.45, 2.75) is 57.7 Å². The maximum atomic E-state index is 13.3. The van der Waals surface area contributed by atoms with E-state index in [1.807, 2.05) is 13.8 Å². The minimum atomic E-state index is -1.16. The number of amides is 4. The summed E-state index contributed by atoms with van der Waals surface area (Å²) in [5.74, 6) is -1.54. The highest BCUT2D eigenvalue weighted by molar-refractivity contribution is 6.01. The molecule has 1 saturated heterocycles. The van der Waals surface area contributed by atoms with Crippen LogP contribution >= 0.6 is 0 Å². The number of nitrogens with one attached hydrogen (secondary N) is 2. The van der Waals surface area contributed by atoms with Gasteiger partial charge < -0.3 is 30.3 Å². The quantitative estimate of drug-likeness (QED) is 0.570. The van der Waals surface area contributed by atoms with E-state index in [4.69, 9.17) is 4.74 Å². The number of β-amino-alcohol motifs (C(OH)–C–C–N with tert-alkyl or cyclic N) is 1. The third-order valence-corrected chi connectivity index (χ3v) is 6.69. The highest BCUT2D eigenvalue weighted by Crippen LogP contribution is 2.20. The van der Waals surface area contributed by atoms with Gasteiger partial charge in [0.25, 0.3) is 5.91 Å². The number of benzene rings is 1. The number of carbonyl (C=O) groups is 4. The summed E-state index contributed by atoms with van der Waals surface area (Å²) in [4.78, 5) is 55.7. The van der Waals surface area contributed by atoms with Crippen molar-refractivity contribution in [1.82, 2.24) is 20.4 Å². The van der Waals surface area contributed by atoms with Crippen LogP contribution in [0.1, 0.15) is 49.9 Å². The van der Waals surface area contributed by atoms with Gasteiger partial charge in [-0.2, -0.15) is 0 Å². The number of aliphatic hydroxyl groups excluding tert-OH is 1. The second-order valence-corrected chi connectivity index (χ2v) is 9.35. The Morgan fingerprint density at radius 1 is 1.20 bits per heavy atom. The van der Waals surface area contributed by atoms with Gasteiger partial charge in [-0.15, -0.1) is 0 Å². The molecular formula is C25H36N4O6. The Bertz CT molecular complexity index is 938. The molecule has 3 N–H and O–H groups in total. The van der Waals surface area contributed by atoms with Crippen LogP contribution in [-0.2, 0) is 14.4 Å². The zero-order chi connectivity index (χ0) is 25.5. The SMILES string of the molecule is CC[C@@H](C)[C@@H]1NC(=O)C[C@@H](C(=O)N2CCCC(O)C2)NC(=O)c2ccccc2OCCN(C)C1=O. The summed E-state index contributed by atoms with van der Waals surface area (Å²) < 4.78 is 5.82. The van der Waals surface area contributed by atoms with Crippen molar-refractivity contribution in [3.63, 3.8) is 0 Å². The monoisotopic (exact) mass is 488 g/mol. The van der Waals surface area contributed by atoms with Crippen LogP contribution in [0.5, 0.6) is 5.75 Å². The Labute approximate surface area is 206 Å². The lowest BCUT2D eigenvalue weighted by Gasteiger charge is -2.33. The number of likely N-dealkylation sites (N-methyl/N-ethyl adjacent to an activating group) is 1. The highest BCUT2D eigenvalue weighted by Gasteiger charge is 2.34. The first-order valence-electron chi connectivity index (χ1n) is 12.2. The second kappa shape index (κ2) is 12.0. The molecule has 4 amide bonds. The number of piperidine rings is 1. The van der Waals surface area contributed by atoms with E-state index in [2.05, 4.69) is 10.6 Å². The summed E-state index contributed by atoms with van der Waals surface area (Å²) in [6.45, 7) is 4.82. The summed E-state index contributed by atoms with van der Waals surface area (Å²) in [5.41, 5.74) is 0.230. The Morgan fingerprint density at radius 2 is 1.94 bits per heavy atom. The van der Waals surface area contributed by atoms with Crippen LogP contribution in [0.25, 0.3) is 0 Å². The van der Waals surface area contributed by atoms with Crippen molar-refractivity contribution in [2.24, 2.45) is 5.92 Å². The first-order chi connectivity index (χ1) is 16.7. The molecule has 0 aliphatic carbocycles. The van der Waals surface area contributed by atoms with Crippen LogP contribution in [-0.4, -0.2) is 90.0 Å². The van der Waals surface area contributed by atoms with E-state index in [1.54, 1.807) is 31.3 Å². The largest absolute Gasteiger partial charge is 0.491 e. The molecule has 0 bridgehead atoms. The predicted octanol–water partition coefficient (Wildman–Crippen LogP) is 0.540. The van der Waals surface area contributed by atoms with Crippen molar-refractivity contribution in [3.05, 3.63) is 29.8 Å². The molecule has 35 heavy (non-hydrogen) atoms. The fraction of sp³-hybridized carbons (Fsp3) is 0.600. The standard InChI is InChI=1S/C25H36N4O6/c1-4-16(2)22-25(34)28(3)12-13-35-20-10-6-5-9-18(20)23(32)26-19(14-21(31)27-22)24(33)29-11-7-8-17(30)15-29/h5-6,9-10,16-17,19,22,30H,4,7-8,11-15H2,1-3H3,(H,26,32)(H,27,31)/t16-,17?,19+,22+/m1/s1. The zero-order valence-electron chi connectivity index (χ0n) is 20.7. The molecular weight excluding hydrogens is 452 g/mol. The first kappa shape index (κ1) is 26.5. The van der Waals surface area contributed by atoms with E-state index in [9.17, 15) is 24.3 Å². The van der Waals surface area contributed by atoms with Gasteiger partial charge in [0.05, 0.1) is 24.6 Å². The van der Waals surface area contributed by atoms with Gasteiger partial charge in [-0.05, 0) is 30.9 Å². The van der Waals surface area contributed by atoms with Gasteiger partial charge in [-0.3, -0.25) is 19.2 Å². The van der Waals surface area contributed by atoms with Crippen LogP contribution in [0.2, 0.25) is 0 Å². The first-order valence-corrected chi connectivity index (χ1v) is 12.2. The van der Waals surface area contributed by atoms with E-state index in [-0.39, 0.29) is 43.5 Å². The summed E-state index contributed by atoms with van der Waals surface area (Å²) >= 11 is 0. The van der Waals surface area contributed by atoms with Gasteiger partial charge in [-0.25, -0.2) is 0 Å². The van der Waals surface area contributed by atoms with Crippen LogP contribution in [0.3, 0.4) is 0 Å². The van der Waals surface area contributed by atoms with Gasteiger partial charge >= 0.3 is 0 Å². The van der Waals surface area contributed by atoms with Crippen molar-refractivity contribution < 1.29 is 29.0 Å². The number of ether oxygens (including phenoxy) is 1. The molecule has 3 rings (SSSR count). The lowest BCUT2D eigenvalue weighted by Crippen LogP contribution is -2.56. The Morgan fingerprint density at radius 3 is 2.66 bits per heavy atom. The number of rotatable bonds is 3. The van der Waals surface area contributed by atoms with E-state index >= 15 is 0 Å². The van der Waals surface area contributed by atoms with Gasteiger partial charge in [-0.1, -0.05) is 32.4 Å². The highest BCUT2D eigenvalue weighted by atomic mass is 16.5. The van der Waals surface area contributed by atoms with Crippen LogP contribution in [0, 0.1) is 5.92 Å². The molecule has 1 fully saturated rings. The Kier molecular flexibility index (Phi) is 9.08. The molecule has 2 aliphatic rings. The van der Waals surface area contributed by atoms with E-state index in [0.717, 1.165) is 0 Å². The van der Waals surface area contributed by atoms with Gasteiger partial charge in [0, 0.05) is 20.1 Å². The molecule has 1 unspecified atom stereocenters. The Balaban J connectivity index is 1.93. The van der Waals surface area contributed by atoms with Gasteiger partial charge in [0.2, 0.25) is 17.7 Å². The average molecular weight is 489 g/mol. The fourth-order valence-electron chi connectivity index (χ4n) is 4.33. The minimum absolute atomic E-state index is 0.135. The van der Waals surface area contributed by atoms with Crippen molar-refractivity contribution in [3.8, 4) is 5.75 Å². The third-order valence-electron chi connectivity index (χ3n) is 6.69. The predicted molar refractivity (Wildman–Crippen MR) is 129 cm³/mol. The molecule has 1 aromatic carbocycles. The lowest BCUT2D eigenvalue weighted by molar-refractivity contribution is -0.140. The normalized spacial score (nSPS) is 25.5. The third kappa shape index (κ3) is 6.72. The molecule has 4 atom stereocenters. The maximum Gasteiger partial charge on any atom is 0.255 e. The van der Waals surface area contributed by atoms with E-state index in [0.29, 0.717) is 31.6 Å². The zero-order valence-corrected chi connectivity index (χ0v) is 20.7. The molecule has 0 aromatic heterocycles. The second-order valence-electron chi connectivity index (χ2n) is 9.35. The topological polar surface area (TPSA) is 128 Å². The number of likely N-dealkylation sites (tertiary alicyclic amines) is 1. The molecule has 2 heterocycles. The lowest BCUT2D eigenvalue weighted by atomic mass is 9.97. The minimum Gasteiger partial charge on any atom is -0.491 e. The maximum absolute atomic E-state index is 13.3. The fourth-order valence-corrected chi connectivity index (χ4v) is 4.33. The van der Waals surface area contributed by atoms with Crippen molar-refractivity contribution in [1.29, 1.82) is 0 Å². The molecule has 192 valence electrons. The average Bonchev–Trinajstić information content (AvgIpc) is 2.85. The molecule has 1 aromatic rings. The number of hydrogen-bond donors (Lipinski definition) is 3. The molecule has 0 radical (unpaired) electrons.